The molecule has 1 unspecified atom stereocenters. The fourth-order valence-electron chi connectivity index (χ4n) is 4.94. The third-order valence-electron chi connectivity index (χ3n) is 6.82. The minimum Gasteiger partial charge on any atom is -0.484 e. The first-order chi connectivity index (χ1) is 17.6. The van der Waals surface area contributed by atoms with Gasteiger partial charge in [-0.1, -0.05) is 0 Å². The molecule has 2 aliphatic heterocycles. The van der Waals surface area contributed by atoms with Crippen LogP contribution in [-0.4, -0.2) is 33.5 Å². The molecule has 0 spiro atoms. The number of carbonyl (C=O) groups excluding carboxylic acids is 2. The number of benzene rings is 1. The summed E-state index contributed by atoms with van der Waals surface area (Å²) in [4.78, 5) is 32.2. The number of hydrogen-bond acceptors (Lipinski definition) is 6. The van der Waals surface area contributed by atoms with Crippen LogP contribution in [-0.2, 0) is 17.4 Å². The summed E-state index contributed by atoms with van der Waals surface area (Å²) in [6.45, 7) is 1.85. The largest absolute Gasteiger partial charge is 0.484 e. The maximum atomic E-state index is 12.9. The lowest BCUT2D eigenvalue weighted by Crippen LogP contribution is -2.37. The van der Waals surface area contributed by atoms with E-state index in [0.29, 0.717) is 35.9 Å². The number of fused-ring (bicyclic) bond motifs is 4. The number of rotatable bonds is 4. The molecule has 190 valence electrons. The van der Waals surface area contributed by atoms with Crippen molar-refractivity contribution in [3.05, 3.63) is 65.5 Å². The first-order valence-corrected chi connectivity index (χ1v) is 11.5. The van der Waals surface area contributed by atoms with Gasteiger partial charge in [-0.25, -0.2) is 14.8 Å². The normalized spacial score (nSPS) is 23.1. The molecule has 9 nitrogen and oxygen atoms in total. The van der Waals surface area contributed by atoms with Gasteiger partial charge < -0.3 is 20.1 Å². The average molecular weight is 511 g/mol. The number of urea groups is 1. The van der Waals surface area contributed by atoms with Crippen LogP contribution in [0.1, 0.15) is 36.0 Å². The van der Waals surface area contributed by atoms with Crippen LogP contribution in [0.5, 0.6) is 17.2 Å². The molecule has 2 aromatic heterocycles. The van der Waals surface area contributed by atoms with Gasteiger partial charge in [0.05, 0.1) is 17.5 Å². The summed E-state index contributed by atoms with van der Waals surface area (Å²) in [7, 11) is 0. The van der Waals surface area contributed by atoms with Crippen molar-refractivity contribution in [2.45, 2.75) is 43.5 Å². The number of ether oxygens (including phenoxy) is 2. The van der Waals surface area contributed by atoms with Crippen molar-refractivity contribution in [1.82, 2.24) is 15.3 Å². The Balaban J connectivity index is 1.16. The molecule has 4 heterocycles. The van der Waals surface area contributed by atoms with Crippen molar-refractivity contribution < 1.29 is 32.2 Å². The maximum Gasteiger partial charge on any atom is 0.416 e. The highest BCUT2D eigenvalue weighted by molar-refractivity contribution is 5.93. The van der Waals surface area contributed by atoms with E-state index < -0.39 is 29.4 Å². The second kappa shape index (κ2) is 8.08. The number of pyridine rings is 2. The van der Waals surface area contributed by atoms with Crippen LogP contribution in [0.3, 0.4) is 0 Å². The van der Waals surface area contributed by atoms with E-state index in [9.17, 15) is 22.8 Å². The molecule has 3 amide bonds. The summed E-state index contributed by atoms with van der Waals surface area (Å²) < 4.78 is 51.0. The predicted octanol–water partition coefficient (Wildman–Crippen LogP) is 4.61. The molecule has 3 atom stereocenters. The zero-order valence-corrected chi connectivity index (χ0v) is 19.3. The number of alkyl halides is 3. The number of nitrogens with one attached hydrogen (secondary N) is 3. The number of anilines is 2. The van der Waals surface area contributed by atoms with Gasteiger partial charge in [0.15, 0.2) is 0 Å². The van der Waals surface area contributed by atoms with Crippen molar-refractivity contribution in [2.24, 2.45) is 0 Å². The van der Waals surface area contributed by atoms with Gasteiger partial charge in [0.25, 0.3) is 0 Å². The molecule has 3 N–H and O–H groups in total. The van der Waals surface area contributed by atoms with Gasteiger partial charge in [0.1, 0.15) is 34.5 Å². The van der Waals surface area contributed by atoms with Crippen LogP contribution in [0.15, 0.2) is 48.8 Å². The Labute approximate surface area is 208 Å². The lowest BCUT2D eigenvalue weighted by molar-refractivity contribution is -0.137. The Morgan fingerprint density at radius 1 is 1.16 bits per heavy atom. The quantitative estimate of drug-likeness (QED) is 0.471. The highest BCUT2D eigenvalue weighted by atomic mass is 19.4. The summed E-state index contributed by atoms with van der Waals surface area (Å²) in [6.07, 6.45) is -1.14. The smallest absolute Gasteiger partial charge is 0.416 e. The molecule has 1 aliphatic carbocycles. The van der Waals surface area contributed by atoms with E-state index in [4.69, 9.17) is 9.47 Å². The number of amides is 3. The third-order valence-corrected chi connectivity index (χ3v) is 6.82. The Hall–Kier alpha value is -4.35. The molecule has 0 saturated heterocycles. The van der Waals surface area contributed by atoms with Gasteiger partial charge in [-0.15, -0.1) is 0 Å². The summed E-state index contributed by atoms with van der Waals surface area (Å²) in [5.41, 5.74) is 0.0589. The third kappa shape index (κ3) is 4.07. The van der Waals surface area contributed by atoms with Crippen molar-refractivity contribution in [3.8, 4) is 17.2 Å². The van der Waals surface area contributed by atoms with Crippen molar-refractivity contribution >= 4 is 23.6 Å². The molecule has 0 bridgehead atoms. The minimum absolute atomic E-state index is 0.0914. The molecule has 6 rings (SSSR count). The standard InChI is InChI=1S/C25H20F3N5O4/c1-24-20(21(24)33-23(35)31-18-10-12(6-8-29-18)25(26,27)28)15-11-13(2-4-17(15)37-24)36-16-7-9-30-22-14(16)3-5-19(34)32-22/h2,4,6-11,20-21H,3,5H2,1H3,(H,30,32,34)(H2,29,31,33,35)/t20-,21-,24?/m0/s1. The van der Waals surface area contributed by atoms with Gasteiger partial charge in [0, 0.05) is 29.9 Å². The second-order valence-corrected chi connectivity index (χ2v) is 9.25. The summed E-state index contributed by atoms with van der Waals surface area (Å²) >= 11 is 0. The van der Waals surface area contributed by atoms with Crippen LogP contribution < -0.4 is 25.4 Å². The number of halogens is 3. The van der Waals surface area contributed by atoms with Gasteiger partial charge in [-0.2, -0.15) is 13.2 Å². The average Bonchev–Trinajstić information content (AvgIpc) is 3.26. The van der Waals surface area contributed by atoms with Crippen molar-refractivity contribution in [1.29, 1.82) is 0 Å². The first-order valence-electron chi connectivity index (χ1n) is 11.5. The number of nitrogens with zero attached hydrogens (tertiary/aromatic N) is 2. The Morgan fingerprint density at radius 2 is 1.97 bits per heavy atom. The molecular weight excluding hydrogens is 491 g/mol. The van der Waals surface area contributed by atoms with E-state index in [1.165, 1.54) is 0 Å². The predicted molar refractivity (Wildman–Crippen MR) is 125 cm³/mol. The molecular formula is C25H20F3N5O4. The van der Waals surface area contributed by atoms with Gasteiger partial charge in [0.2, 0.25) is 5.91 Å². The number of aromatic nitrogens is 2. The molecule has 37 heavy (non-hydrogen) atoms. The minimum atomic E-state index is -4.54. The number of carbonyl (C=O) groups is 2. The Morgan fingerprint density at radius 3 is 2.78 bits per heavy atom. The molecule has 1 saturated carbocycles. The summed E-state index contributed by atoms with van der Waals surface area (Å²) in [5.74, 6) is 1.82. The summed E-state index contributed by atoms with van der Waals surface area (Å²) in [6, 6.07) is 7.66. The second-order valence-electron chi connectivity index (χ2n) is 9.25. The van der Waals surface area contributed by atoms with Crippen LogP contribution >= 0.6 is 0 Å². The van der Waals surface area contributed by atoms with Crippen LogP contribution in [0.25, 0.3) is 0 Å². The SMILES string of the molecule is CC12Oc3ccc(Oc4ccnc5c4CCC(=O)N5)cc3[C@H]1[C@@H]2NC(=O)Nc1cc(C(F)(F)F)ccn1. The van der Waals surface area contributed by atoms with Crippen molar-refractivity contribution in [3.63, 3.8) is 0 Å². The molecule has 3 aromatic rings. The molecule has 1 aromatic carbocycles. The highest BCUT2D eigenvalue weighted by Gasteiger charge is 2.70. The summed E-state index contributed by atoms with van der Waals surface area (Å²) in [5, 5.41) is 7.87. The fourth-order valence-corrected chi connectivity index (χ4v) is 4.94. The van der Waals surface area contributed by atoms with Crippen LogP contribution in [0.4, 0.5) is 29.6 Å². The Kier molecular flexibility index (Phi) is 5.04. The molecule has 0 radical (unpaired) electrons. The monoisotopic (exact) mass is 511 g/mol. The van der Waals surface area contributed by atoms with E-state index in [1.807, 2.05) is 13.0 Å². The van der Waals surface area contributed by atoms with Crippen LogP contribution in [0.2, 0.25) is 0 Å². The van der Waals surface area contributed by atoms with Gasteiger partial charge >= 0.3 is 12.2 Å². The lowest BCUT2D eigenvalue weighted by Gasteiger charge is -2.19. The van der Waals surface area contributed by atoms with E-state index in [0.717, 1.165) is 29.5 Å². The lowest BCUT2D eigenvalue weighted by atomic mass is 10.1. The molecule has 3 aliphatic rings. The first kappa shape index (κ1) is 23.1. The zero-order chi connectivity index (χ0) is 25.9. The Bertz CT molecular complexity index is 1450. The molecule has 12 heteroatoms. The zero-order valence-electron chi connectivity index (χ0n) is 19.3. The van der Waals surface area contributed by atoms with E-state index in [1.54, 1.807) is 24.4 Å². The van der Waals surface area contributed by atoms with Gasteiger partial charge in [-0.3, -0.25) is 10.1 Å². The number of hydrogen-bond donors (Lipinski definition) is 3. The topological polar surface area (TPSA) is 114 Å². The fraction of sp³-hybridized carbons (Fsp3) is 0.280. The van der Waals surface area contributed by atoms with Gasteiger partial charge in [-0.05, 0) is 49.7 Å². The van der Waals surface area contributed by atoms with Crippen LogP contribution in [0, 0.1) is 0 Å². The maximum absolute atomic E-state index is 12.9. The van der Waals surface area contributed by atoms with E-state index in [-0.39, 0.29) is 17.6 Å². The van der Waals surface area contributed by atoms with E-state index in [2.05, 4.69) is 25.9 Å². The van der Waals surface area contributed by atoms with E-state index >= 15 is 0 Å². The highest BCUT2D eigenvalue weighted by Crippen LogP contribution is 2.62. The molecule has 1 fully saturated rings. The van der Waals surface area contributed by atoms with Crippen molar-refractivity contribution in [2.75, 3.05) is 10.6 Å².